The van der Waals surface area contributed by atoms with Crippen molar-refractivity contribution in [3.63, 3.8) is 0 Å². The number of hydrogen-bond acceptors (Lipinski definition) is 6. The molecule has 0 amide bonds. The fourth-order valence-electron chi connectivity index (χ4n) is 1.87. The summed E-state index contributed by atoms with van der Waals surface area (Å²) < 4.78 is 36.9. The molecule has 8 heteroatoms. The third kappa shape index (κ3) is 2.70. The molecule has 19 heavy (non-hydrogen) atoms. The Kier molecular flexibility index (Phi) is 3.74. The van der Waals surface area contributed by atoms with Gasteiger partial charge in [0.05, 0.1) is 12.2 Å². The van der Waals surface area contributed by atoms with Gasteiger partial charge < -0.3 is 14.7 Å². The first kappa shape index (κ1) is 13.8. The molecule has 0 bridgehead atoms. The molecule has 3 N–H and O–H groups in total. The molecule has 0 aliphatic carbocycles. The first-order valence-corrected chi connectivity index (χ1v) is 7.12. The molecule has 2 heterocycles. The lowest BCUT2D eigenvalue weighted by Crippen LogP contribution is -2.25. The van der Waals surface area contributed by atoms with Gasteiger partial charge in [-0.3, -0.25) is 0 Å². The van der Waals surface area contributed by atoms with Crippen molar-refractivity contribution < 1.29 is 17.4 Å². The van der Waals surface area contributed by atoms with Crippen LogP contribution in [0.15, 0.2) is 26.2 Å². The predicted molar refractivity (Wildman–Crippen MR) is 66.6 cm³/mol. The number of rotatable bonds is 5. The lowest BCUT2D eigenvalue weighted by molar-refractivity contribution is 0.411. The van der Waals surface area contributed by atoms with Crippen LogP contribution in [0.1, 0.15) is 22.8 Å². The number of sulfonamides is 1. The highest BCUT2D eigenvalue weighted by atomic mass is 32.2. The second-order valence-corrected chi connectivity index (χ2v) is 5.75. The summed E-state index contributed by atoms with van der Waals surface area (Å²) in [6.07, 6.45) is 1.38. The van der Waals surface area contributed by atoms with Crippen LogP contribution in [0.2, 0.25) is 0 Å². The number of nitrogens with one attached hydrogen (secondary N) is 1. The van der Waals surface area contributed by atoms with Gasteiger partial charge in [0.15, 0.2) is 0 Å². The molecule has 0 aliphatic heterocycles. The van der Waals surface area contributed by atoms with Crippen molar-refractivity contribution in [1.29, 1.82) is 0 Å². The van der Waals surface area contributed by atoms with Gasteiger partial charge in [0.1, 0.15) is 22.7 Å². The summed E-state index contributed by atoms with van der Waals surface area (Å²) in [5.41, 5.74) is 6.56. The van der Waals surface area contributed by atoms with Crippen LogP contribution in [0, 0.1) is 13.8 Å². The topological polar surface area (TPSA) is 111 Å². The molecular formula is C11H15N3O4S. The molecule has 2 aromatic heterocycles. The van der Waals surface area contributed by atoms with E-state index in [1.54, 1.807) is 19.9 Å². The average molecular weight is 285 g/mol. The quantitative estimate of drug-likeness (QED) is 0.841. The Labute approximate surface area is 110 Å². The summed E-state index contributed by atoms with van der Waals surface area (Å²) >= 11 is 0. The molecule has 7 nitrogen and oxygen atoms in total. The Hall–Kier alpha value is -1.64. The molecule has 0 radical (unpaired) electrons. The molecule has 0 atom stereocenters. The molecule has 0 aliphatic rings. The Morgan fingerprint density at radius 1 is 1.37 bits per heavy atom. The Bertz CT molecular complexity index is 658. The van der Waals surface area contributed by atoms with E-state index < -0.39 is 10.0 Å². The predicted octanol–water partition coefficient (Wildman–Crippen LogP) is 0.822. The zero-order chi connectivity index (χ0) is 14.0. The van der Waals surface area contributed by atoms with Gasteiger partial charge in [0.25, 0.3) is 0 Å². The minimum Gasteiger partial charge on any atom is -0.465 e. The van der Waals surface area contributed by atoms with Gasteiger partial charge in [-0.1, -0.05) is 5.16 Å². The summed E-state index contributed by atoms with van der Waals surface area (Å²) in [6.45, 7) is 3.43. The minimum atomic E-state index is -3.69. The first-order valence-electron chi connectivity index (χ1n) is 5.63. The summed E-state index contributed by atoms with van der Waals surface area (Å²) in [5.74, 6) is 0.840. The van der Waals surface area contributed by atoms with Crippen LogP contribution in [0.3, 0.4) is 0 Å². The molecular weight excluding hydrogens is 270 g/mol. The maximum atomic E-state index is 12.3. The maximum Gasteiger partial charge on any atom is 0.244 e. The molecule has 0 aromatic carbocycles. The SMILES string of the molecule is Cc1oc(C)c(S(=O)(=O)NCc2ccon2)c1CN. The molecule has 104 valence electrons. The third-order valence-corrected chi connectivity index (χ3v) is 4.33. The van der Waals surface area contributed by atoms with E-state index in [9.17, 15) is 8.42 Å². The molecule has 0 unspecified atom stereocenters. The van der Waals surface area contributed by atoms with Crippen molar-refractivity contribution in [3.05, 3.63) is 35.1 Å². The van der Waals surface area contributed by atoms with Crippen molar-refractivity contribution in [2.45, 2.75) is 31.8 Å². The van der Waals surface area contributed by atoms with Crippen LogP contribution in [0.5, 0.6) is 0 Å². The highest BCUT2D eigenvalue weighted by molar-refractivity contribution is 7.89. The lowest BCUT2D eigenvalue weighted by Gasteiger charge is -2.06. The van der Waals surface area contributed by atoms with Crippen molar-refractivity contribution in [2.24, 2.45) is 5.73 Å². The van der Waals surface area contributed by atoms with E-state index in [0.717, 1.165) is 0 Å². The normalized spacial score (nSPS) is 11.9. The fourth-order valence-corrected chi connectivity index (χ4v) is 3.32. The summed E-state index contributed by atoms with van der Waals surface area (Å²) in [6, 6.07) is 1.58. The van der Waals surface area contributed by atoms with Gasteiger partial charge in [0.2, 0.25) is 10.0 Å². The molecule has 0 fully saturated rings. The molecule has 0 spiro atoms. The lowest BCUT2D eigenvalue weighted by atomic mass is 10.2. The van der Waals surface area contributed by atoms with E-state index in [0.29, 0.717) is 22.8 Å². The van der Waals surface area contributed by atoms with E-state index in [2.05, 4.69) is 14.4 Å². The van der Waals surface area contributed by atoms with Gasteiger partial charge in [-0.2, -0.15) is 0 Å². The number of furan rings is 1. The van der Waals surface area contributed by atoms with Crippen LogP contribution in [0.25, 0.3) is 0 Å². The minimum absolute atomic E-state index is 0.0481. The summed E-state index contributed by atoms with van der Waals surface area (Å²) in [7, 11) is -3.69. The molecule has 0 saturated carbocycles. The maximum absolute atomic E-state index is 12.3. The van der Waals surface area contributed by atoms with Crippen LogP contribution in [-0.2, 0) is 23.1 Å². The number of aryl methyl sites for hydroxylation is 2. The van der Waals surface area contributed by atoms with E-state index in [1.807, 2.05) is 0 Å². The van der Waals surface area contributed by atoms with Crippen LogP contribution in [0.4, 0.5) is 0 Å². The van der Waals surface area contributed by atoms with Gasteiger partial charge >= 0.3 is 0 Å². The largest absolute Gasteiger partial charge is 0.465 e. The Morgan fingerprint density at radius 3 is 2.68 bits per heavy atom. The second kappa shape index (κ2) is 5.16. The van der Waals surface area contributed by atoms with Crippen LogP contribution < -0.4 is 10.5 Å². The highest BCUT2D eigenvalue weighted by Crippen LogP contribution is 2.26. The van der Waals surface area contributed by atoms with Gasteiger partial charge in [-0.15, -0.1) is 0 Å². The standard InChI is InChI=1S/C11H15N3O4S/c1-7-10(5-12)11(8(2)18-7)19(15,16)13-6-9-3-4-17-14-9/h3-4,13H,5-6,12H2,1-2H3. The monoisotopic (exact) mass is 285 g/mol. The smallest absolute Gasteiger partial charge is 0.244 e. The zero-order valence-corrected chi connectivity index (χ0v) is 11.5. The van der Waals surface area contributed by atoms with E-state index in [4.69, 9.17) is 10.2 Å². The number of hydrogen-bond donors (Lipinski definition) is 2. The fraction of sp³-hybridized carbons (Fsp3) is 0.364. The second-order valence-electron chi connectivity index (χ2n) is 4.04. The summed E-state index contributed by atoms with van der Waals surface area (Å²) in [4.78, 5) is 0.107. The Morgan fingerprint density at radius 2 is 2.11 bits per heavy atom. The average Bonchev–Trinajstić information content (AvgIpc) is 2.94. The van der Waals surface area contributed by atoms with E-state index in [1.165, 1.54) is 6.26 Å². The molecule has 2 aromatic rings. The third-order valence-electron chi connectivity index (χ3n) is 2.73. The van der Waals surface area contributed by atoms with Crippen molar-refractivity contribution >= 4 is 10.0 Å². The summed E-state index contributed by atoms with van der Waals surface area (Å²) in [5, 5.41) is 3.63. The van der Waals surface area contributed by atoms with E-state index >= 15 is 0 Å². The molecule has 0 saturated heterocycles. The van der Waals surface area contributed by atoms with Crippen molar-refractivity contribution in [2.75, 3.05) is 0 Å². The van der Waals surface area contributed by atoms with Crippen molar-refractivity contribution in [1.82, 2.24) is 9.88 Å². The van der Waals surface area contributed by atoms with Crippen molar-refractivity contribution in [3.8, 4) is 0 Å². The zero-order valence-electron chi connectivity index (χ0n) is 10.6. The molecule has 2 rings (SSSR count). The van der Waals surface area contributed by atoms with Crippen LogP contribution in [-0.4, -0.2) is 13.6 Å². The number of aromatic nitrogens is 1. The van der Waals surface area contributed by atoms with E-state index in [-0.39, 0.29) is 18.0 Å². The van der Waals surface area contributed by atoms with Gasteiger partial charge in [0, 0.05) is 18.2 Å². The van der Waals surface area contributed by atoms with Gasteiger partial charge in [-0.05, 0) is 13.8 Å². The highest BCUT2D eigenvalue weighted by Gasteiger charge is 2.26. The van der Waals surface area contributed by atoms with Gasteiger partial charge in [-0.25, -0.2) is 13.1 Å². The Balaban J connectivity index is 2.29. The first-order chi connectivity index (χ1) is 8.95. The number of nitrogens with zero attached hydrogens (tertiary/aromatic N) is 1. The van der Waals surface area contributed by atoms with Crippen LogP contribution >= 0.6 is 0 Å². The number of nitrogens with two attached hydrogens (primary N) is 1.